The Balaban J connectivity index is 1.17. The van der Waals surface area contributed by atoms with Gasteiger partial charge in [0.15, 0.2) is 0 Å². The quantitative estimate of drug-likeness (QED) is 0.0957. The maximum Gasteiger partial charge on any atom is 0.131 e. The summed E-state index contributed by atoms with van der Waals surface area (Å²) in [6.45, 7) is 4.52. The van der Waals surface area contributed by atoms with Crippen LogP contribution in [0.15, 0.2) is 285 Å². The lowest BCUT2D eigenvalue weighted by molar-refractivity contribution is 0.483. The molecule has 0 spiro atoms. The van der Waals surface area contributed by atoms with Crippen LogP contribution in [0.4, 0.5) is 17.1 Å². The molecule has 16 aromatic rings. The van der Waals surface area contributed by atoms with E-state index in [0.717, 1.165) is 141 Å². The van der Waals surface area contributed by atoms with Crippen molar-refractivity contribution in [2.24, 2.45) is 0 Å². The Morgan fingerprint density at radius 2 is 0.595 bits per heavy atom. The van der Waals surface area contributed by atoms with Crippen molar-refractivity contribution in [1.82, 2.24) is 27.1 Å². The Hall–Kier alpha value is -11.0. The number of rotatable bonds is 11. The highest BCUT2D eigenvalue weighted by molar-refractivity contribution is 6.12. The zero-order valence-corrected chi connectivity index (χ0v) is 46.6. The van der Waals surface area contributed by atoms with Crippen LogP contribution in [0.1, 0.15) is 25.0 Å². The van der Waals surface area contributed by atoms with Crippen LogP contribution in [-0.4, -0.2) is 27.1 Å². The second kappa shape index (κ2) is 19.9. The molecular weight excluding hydrogens is 1030 g/mol. The lowest BCUT2D eigenvalue weighted by Crippen LogP contribution is -2.17. The van der Waals surface area contributed by atoms with E-state index in [1.165, 1.54) is 11.1 Å². The van der Waals surface area contributed by atoms with Crippen LogP contribution in [0.5, 0.6) is 11.5 Å². The number of aryl methyl sites for hydroxylation is 2. The number of para-hydroxylation sites is 11. The third kappa shape index (κ3) is 7.68. The smallest absolute Gasteiger partial charge is 0.131 e. The summed E-state index contributed by atoms with van der Waals surface area (Å²) in [6.07, 6.45) is 1.75. The summed E-state index contributed by atoms with van der Waals surface area (Å²) in [4.78, 5) is 2.52. The zero-order valence-electron chi connectivity index (χ0n) is 46.6. The Labute approximate surface area is 485 Å². The molecule has 4 heterocycles. The predicted molar refractivity (Wildman–Crippen MR) is 348 cm³/mol. The minimum atomic E-state index is 0.726. The Morgan fingerprint density at radius 1 is 0.274 bits per heavy atom. The van der Waals surface area contributed by atoms with Crippen molar-refractivity contribution in [2.75, 3.05) is 4.90 Å². The molecule has 0 atom stereocenters. The Kier molecular flexibility index (Phi) is 11.6. The maximum atomic E-state index is 6.94. The minimum absolute atomic E-state index is 0.726. The fourth-order valence-electron chi connectivity index (χ4n) is 13.2. The molecule has 12 aromatic carbocycles. The van der Waals surface area contributed by atoms with Gasteiger partial charge >= 0.3 is 0 Å². The first-order valence-corrected chi connectivity index (χ1v) is 29.1. The maximum absolute atomic E-state index is 6.94. The van der Waals surface area contributed by atoms with Gasteiger partial charge in [-0.3, -0.25) is 0 Å². The lowest BCUT2D eigenvalue weighted by Gasteiger charge is -2.32. The lowest BCUT2D eigenvalue weighted by atomic mass is 10.0. The monoisotopic (exact) mass is 1080 g/mol. The van der Waals surface area contributed by atoms with E-state index in [2.05, 4.69) is 301 Å². The summed E-state index contributed by atoms with van der Waals surface area (Å²) in [5, 5.41) is 0. The van der Waals surface area contributed by atoms with Crippen LogP contribution in [0.25, 0.3) is 100.0 Å². The summed E-state index contributed by atoms with van der Waals surface area (Å²) in [5.41, 5.74) is 24.8. The van der Waals surface area contributed by atoms with E-state index in [4.69, 9.17) is 4.74 Å². The van der Waals surface area contributed by atoms with Crippen molar-refractivity contribution in [3.8, 4) is 34.2 Å². The van der Waals surface area contributed by atoms with Gasteiger partial charge in [-0.05, 0) is 145 Å². The van der Waals surface area contributed by atoms with Crippen molar-refractivity contribution < 1.29 is 4.74 Å². The number of nitrogens with zero attached hydrogens (tertiary/aromatic N) is 7. The van der Waals surface area contributed by atoms with Gasteiger partial charge in [-0.25, -0.2) is 0 Å². The molecule has 8 nitrogen and oxygen atoms in total. The minimum Gasteiger partial charge on any atom is -0.457 e. The van der Waals surface area contributed by atoms with Crippen molar-refractivity contribution in [1.29, 1.82) is 0 Å². The molecule has 0 aliphatic rings. The van der Waals surface area contributed by atoms with Crippen LogP contribution in [0.3, 0.4) is 0 Å². The molecule has 0 fully saturated rings. The van der Waals surface area contributed by atoms with E-state index in [-0.39, 0.29) is 0 Å². The van der Waals surface area contributed by atoms with E-state index in [0.29, 0.717) is 0 Å². The number of hydrogen-bond acceptors (Lipinski definition) is 2. The summed E-state index contributed by atoms with van der Waals surface area (Å²) >= 11 is 0. The third-order valence-electron chi connectivity index (χ3n) is 16.8. The molecule has 4 aromatic heterocycles. The van der Waals surface area contributed by atoms with Gasteiger partial charge in [0, 0.05) is 46.3 Å². The number of fused-ring (bicyclic) bond motifs is 8. The highest BCUT2D eigenvalue weighted by Crippen LogP contribution is 2.46. The van der Waals surface area contributed by atoms with Gasteiger partial charge in [-0.15, -0.1) is 0 Å². The van der Waals surface area contributed by atoms with Crippen LogP contribution in [0.2, 0.25) is 0 Å². The average molecular weight is 1080 g/mol. The van der Waals surface area contributed by atoms with E-state index >= 15 is 0 Å². The first-order valence-electron chi connectivity index (χ1n) is 29.1. The number of benzene rings is 12. The molecule has 0 saturated carbocycles. The topological polar surface area (TPSA) is 41.0 Å². The molecule has 84 heavy (non-hydrogen) atoms. The van der Waals surface area contributed by atoms with E-state index < -0.39 is 0 Å². The highest BCUT2D eigenvalue weighted by Gasteiger charge is 2.27. The number of hydrogen-bond donors (Lipinski definition) is 0. The summed E-state index contributed by atoms with van der Waals surface area (Å²) < 4.78 is 21.8. The Morgan fingerprint density at radius 3 is 1.00 bits per heavy atom. The van der Waals surface area contributed by atoms with Gasteiger partial charge in [0.2, 0.25) is 0 Å². The van der Waals surface area contributed by atoms with E-state index in [1.54, 1.807) is 0 Å². The van der Waals surface area contributed by atoms with Crippen molar-refractivity contribution >= 4 is 94.3 Å². The molecule has 16 rings (SSSR count). The van der Waals surface area contributed by atoms with Gasteiger partial charge in [-0.2, -0.15) is 0 Å². The number of anilines is 3. The fourth-order valence-corrected chi connectivity index (χ4v) is 13.2. The molecule has 0 bridgehead atoms. The van der Waals surface area contributed by atoms with Crippen molar-refractivity contribution in [3.05, 3.63) is 296 Å². The molecule has 0 unspecified atom stereocenters. The van der Waals surface area contributed by atoms with Gasteiger partial charge in [0.05, 0.1) is 82.9 Å². The summed E-state index contributed by atoms with van der Waals surface area (Å²) in [6, 6.07) is 103. The van der Waals surface area contributed by atoms with Gasteiger partial charge in [-0.1, -0.05) is 166 Å². The molecule has 0 saturated heterocycles. The molecule has 402 valence electrons. The van der Waals surface area contributed by atoms with Crippen LogP contribution >= 0.6 is 0 Å². The standard InChI is InChI=1S/C76H57N7O/c1-3-52-28-20-22-40-61(52)81(62-41-23-21-29-53(62)4-2)58-46-71-75-72(47-58)79(56-34-14-7-15-35-56)67-50-68-70(51-69(67)82(75)65-44-26-24-42-63(65)77(71)54-30-10-5-11-31-54)83-66-45-27-25-43-64(66)78(55-32-12-6-13-33-55)73-48-60(84-59-38-18-9-19-39-59)49-74(76(73)83)80(68)57-36-16-8-17-37-57/h5-51H,3-4H2,1-2H3. The van der Waals surface area contributed by atoms with Gasteiger partial charge < -0.3 is 36.7 Å². The molecule has 0 aliphatic heterocycles. The second-order valence-electron chi connectivity index (χ2n) is 21.5. The summed E-state index contributed by atoms with van der Waals surface area (Å²) in [5.74, 6) is 1.49. The molecule has 0 amide bonds. The highest BCUT2D eigenvalue weighted by atomic mass is 16.5. The fraction of sp³-hybridized carbons (Fsp3) is 0.0526. The Bertz CT molecular complexity index is 5190. The molecule has 0 radical (unpaired) electrons. The largest absolute Gasteiger partial charge is 0.457 e. The predicted octanol–water partition coefficient (Wildman–Crippen LogP) is 19.8. The number of aromatic nitrogens is 6. The van der Waals surface area contributed by atoms with E-state index in [9.17, 15) is 0 Å². The SMILES string of the molecule is CCc1ccccc1N(c1cc2c3c(c1)n(-c1ccccc1)c1cc4c(cc1n3c1ccccc1n2-c1ccccc1)n1c2ccccc2n(-c2ccccc2)c2cc(Oc3ccccc3)cc(c21)n4-c1ccccc1)c1ccccc1CC. The number of ether oxygens (including phenoxy) is 1. The average Bonchev–Trinajstić information content (AvgIpc) is 0.991. The van der Waals surface area contributed by atoms with Crippen molar-refractivity contribution in [3.63, 3.8) is 0 Å². The first-order chi connectivity index (χ1) is 41.6. The third-order valence-corrected chi connectivity index (χ3v) is 16.8. The molecule has 8 heteroatoms. The van der Waals surface area contributed by atoms with Gasteiger partial charge in [0.1, 0.15) is 11.5 Å². The van der Waals surface area contributed by atoms with Crippen LogP contribution < -0.4 is 9.64 Å². The summed E-state index contributed by atoms with van der Waals surface area (Å²) in [7, 11) is 0. The van der Waals surface area contributed by atoms with Crippen LogP contribution in [-0.2, 0) is 12.8 Å². The zero-order chi connectivity index (χ0) is 55.8. The van der Waals surface area contributed by atoms with Crippen molar-refractivity contribution in [2.45, 2.75) is 26.7 Å². The molecular formula is C76H57N7O. The first kappa shape index (κ1) is 48.9. The van der Waals surface area contributed by atoms with E-state index in [1.807, 2.05) is 30.3 Å². The normalized spacial score (nSPS) is 11.8. The second-order valence-corrected chi connectivity index (χ2v) is 21.5. The van der Waals surface area contributed by atoms with Gasteiger partial charge in [0.25, 0.3) is 0 Å². The van der Waals surface area contributed by atoms with Crippen LogP contribution in [0, 0.1) is 0 Å². The molecule has 0 N–H and O–H groups in total. The molecule has 0 aliphatic carbocycles.